The highest BCUT2D eigenvalue weighted by atomic mass is 19.4. The van der Waals surface area contributed by atoms with Crippen LogP contribution < -0.4 is 10.6 Å². The number of aliphatic imine (C=N–C) groups is 1. The van der Waals surface area contributed by atoms with E-state index in [1.807, 2.05) is 49.6 Å². The molecular formula is C21H25F3N6. The van der Waals surface area contributed by atoms with E-state index in [0.717, 1.165) is 11.7 Å². The molecule has 0 saturated carbocycles. The number of halogens is 3. The quantitative estimate of drug-likeness (QED) is 0.472. The molecule has 2 N–H and O–H groups in total. The van der Waals surface area contributed by atoms with Gasteiger partial charge in [0.1, 0.15) is 6.54 Å². The van der Waals surface area contributed by atoms with Crippen molar-refractivity contribution in [1.29, 1.82) is 0 Å². The number of nitrogens with zero attached hydrogens (tertiary/aromatic N) is 4. The third-order valence-electron chi connectivity index (χ3n) is 4.78. The van der Waals surface area contributed by atoms with Crippen LogP contribution in [0.5, 0.6) is 0 Å². The maximum Gasteiger partial charge on any atom is 0.416 e. The summed E-state index contributed by atoms with van der Waals surface area (Å²) in [5.74, 6) is 1.25. The highest BCUT2D eigenvalue weighted by Gasteiger charge is 2.32. The first-order valence-electron chi connectivity index (χ1n) is 9.69. The lowest BCUT2D eigenvalue weighted by molar-refractivity contribution is -0.137. The van der Waals surface area contributed by atoms with Gasteiger partial charge in [-0.1, -0.05) is 38.1 Å². The molecule has 2 heterocycles. The molecule has 3 rings (SSSR count). The van der Waals surface area contributed by atoms with E-state index in [1.165, 1.54) is 12.1 Å². The van der Waals surface area contributed by atoms with E-state index in [4.69, 9.17) is 0 Å². The van der Waals surface area contributed by atoms with Gasteiger partial charge < -0.3 is 10.6 Å². The van der Waals surface area contributed by atoms with Crippen LogP contribution in [0, 0.1) is 0 Å². The number of guanidine groups is 1. The zero-order chi connectivity index (χ0) is 21.8. The first-order valence-corrected chi connectivity index (χ1v) is 9.69. The third kappa shape index (κ3) is 5.08. The Labute approximate surface area is 173 Å². The van der Waals surface area contributed by atoms with E-state index in [1.54, 1.807) is 6.07 Å². The smallest absolute Gasteiger partial charge is 0.357 e. The molecule has 3 aromatic rings. The molecular weight excluding hydrogens is 393 g/mol. The summed E-state index contributed by atoms with van der Waals surface area (Å²) in [5, 5.41) is 14.6. The Morgan fingerprint density at radius 2 is 1.80 bits per heavy atom. The van der Waals surface area contributed by atoms with Crippen LogP contribution in [0.15, 0.2) is 53.7 Å². The average molecular weight is 418 g/mol. The molecule has 6 nitrogen and oxygen atoms in total. The van der Waals surface area contributed by atoms with Crippen LogP contribution in [0.1, 0.15) is 37.7 Å². The zero-order valence-electron chi connectivity index (χ0n) is 17.2. The van der Waals surface area contributed by atoms with Gasteiger partial charge in [0.2, 0.25) is 0 Å². The molecule has 0 radical (unpaired) electrons. The summed E-state index contributed by atoms with van der Waals surface area (Å²) in [7, 11) is 0. The summed E-state index contributed by atoms with van der Waals surface area (Å²) >= 11 is 0. The highest BCUT2D eigenvalue weighted by Crippen LogP contribution is 2.32. The number of rotatable bonds is 6. The Morgan fingerprint density at radius 1 is 1.03 bits per heavy atom. The molecule has 9 heteroatoms. The topological polar surface area (TPSA) is 66.6 Å². The van der Waals surface area contributed by atoms with E-state index in [-0.39, 0.29) is 0 Å². The van der Waals surface area contributed by atoms with Gasteiger partial charge in [-0.15, -0.1) is 10.2 Å². The minimum atomic E-state index is -4.36. The van der Waals surface area contributed by atoms with Gasteiger partial charge in [-0.05, 0) is 30.7 Å². The number of nitrogens with one attached hydrogen (secondary N) is 2. The monoisotopic (exact) mass is 418 g/mol. The second kappa shape index (κ2) is 8.73. The summed E-state index contributed by atoms with van der Waals surface area (Å²) < 4.78 is 41.0. The Balaban J connectivity index is 1.72. The van der Waals surface area contributed by atoms with Crippen molar-refractivity contribution < 1.29 is 13.2 Å². The lowest BCUT2D eigenvalue weighted by Crippen LogP contribution is -2.43. The van der Waals surface area contributed by atoms with Gasteiger partial charge in [0.15, 0.2) is 17.4 Å². The van der Waals surface area contributed by atoms with E-state index >= 15 is 0 Å². The predicted octanol–water partition coefficient (Wildman–Crippen LogP) is 3.78. The fourth-order valence-corrected chi connectivity index (χ4v) is 3.01. The SMILES string of the molecule is CCNC(=NCc1nnc2ccccn12)NCC(C)(C)c1cccc(C(F)(F)F)c1. The van der Waals surface area contributed by atoms with Crippen molar-refractivity contribution in [3.05, 3.63) is 65.6 Å². The number of pyridine rings is 1. The number of hydrogen-bond donors (Lipinski definition) is 2. The Morgan fingerprint density at radius 3 is 2.53 bits per heavy atom. The van der Waals surface area contributed by atoms with Gasteiger partial charge in [0, 0.05) is 24.7 Å². The van der Waals surface area contributed by atoms with Crippen LogP contribution in [-0.2, 0) is 18.1 Å². The fraction of sp³-hybridized carbons (Fsp3) is 0.381. The first kappa shape index (κ1) is 21.6. The van der Waals surface area contributed by atoms with E-state index in [9.17, 15) is 13.2 Å². The number of benzene rings is 1. The number of fused-ring (bicyclic) bond motifs is 1. The molecule has 0 amide bonds. The summed E-state index contributed by atoms with van der Waals surface area (Å²) in [6, 6.07) is 11.1. The second-order valence-corrected chi connectivity index (χ2v) is 7.56. The summed E-state index contributed by atoms with van der Waals surface area (Å²) in [6.45, 7) is 7.10. The largest absolute Gasteiger partial charge is 0.416 e. The standard InChI is InChI=1S/C21H25F3N6/c1-4-25-19(26-13-18-29-28-17-10-5-6-11-30(17)18)27-14-20(2,3)15-8-7-9-16(12-15)21(22,23)24/h5-12H,4,13-14H2,1-3H3,(H2,25,26,27). The van der Waals surface area contributed by atoms with Crippen molar-refractivity contribution in [3.63, 3.8) is 0 Å². The summed E-state index contributed by atoms with van der Waals surface area (Å²) in [5.41, 5.74) is 0.154. The maximum absolute atomic E-state index is 13.1. The zero-order valence-corrected chi connectivity index (χ0v) is 17.2. The lowest BCUT2D eigenvalue weighted by Gasteiger charge is -2.27. The van der Waals surface area contributed by atoms with Crippen molar-refractivity contribution in [1.82, 2.24) is 25.2 Å². The van der Waals surface area contributed by atoms with Crippen molar-refractivity contribution in [2.45, 2.75) is 38.9 Å². The van der Waals surface area contributed by atoms with Crippen molar-refractivity contribution >= 4 is 11.6 Å². The van der Waals surface area contributed by atoms with Gasteiger partial charge in [0.05, 0.1) is 5.56 Å². The molecule has 0 spiro atoms. The van der Waals surface area contributed by atoms with Crippen molar-refractivity contribution in [3.8, 4) is 0 Å². The van der Waals surface area contributed by atoms with Crippen molar-refractivity contribution in [2.24, 2.45) is 4.99 Å². The minimum Gasteiger partial charge on any atom is -0.357 e. The molecule has 0 unspecified atom stereocenters. The van der Waals surface area contributed by atoms with Gasteiger partial charge in [-0.2, -0.15) is 13.2 Å². The van der Waals surface area contributed by atoms with E-state index in [0.29, 0.717) is 37.0 Å². The first-order chi connectivity index (χ1) is 14.2. The number of hydrogen-bond acceptors (Lipinski definition) is 3. The van der Waals surface area contributed by atoms with Crippen LogP contribution in [0.2, 0.25) is 0 Å². The summed E-state index contributed by atoms with van der Waals surface area (Å²) in [6.07, 6.45) is -2.49. The van der Waals surface area contributed by atoms with E-state index in [2.05, 4.69) is 25.8 Å². The molecule has 0 atom stereocenters. The maximum atomic E-state index is 13.1. The number of alkyl halides is 3. The molecule has 0 aliphatic rings. The lowest BCUT2D eigenvalue weighted by atomic mass is 9.84. The molecule has 1 aromatic carbocycles. The molecule has 2 aromatic heterocycles. The molecule has 0 fully saturated rings. The van der Waals surface area contributed by atoms with Gasteiger partial charge in [-0.3, -0.25) is 4.40 Å². The molecule has 0 aliphatic carbocycles. The predicted molar refractivity (Wildman–Crippen MR) is 110 cm³/mol. The van der Waals surface area contributed by atoms with Crippen LogP contribution in [0.4, 0.5) is 13.2 Å². The second-order valence-electron chi connectivity index (χ2n) is 7.56. The molecule has 0 saturated heterocycles. The Hall–Kier alpha value is -3.10. The van der Waals surface area contributed by atoms with Crippen LogP contribution in [0.3, 0.4) is 0 Å². The van der Waals surface area contributed by atoms with Gasteiger partial charge in [-0.25, -0.2) is 4.99 Å². The number of aromatic nitrogens is 3. The molecule has 30 heavy (non-hydrogen) atoms. The molecule has 0 aliphatic heterocycles. The summed E-state index contributed by atoms with van der Waals surface area (Å²) in [4.78, 5) is 4.55. The fourth-order valence-electron chi connectivity index (χ4n) is 3.01. The van der Waals surface area contributed by atoms with Gasteiger partial charge >= 0.3 is 6.18 Å². The van der Waals surface area contributed by atoms with Crippen LogP contribution in [0.25, 0.3) is 5.65 Å². The molecule has 0 bridgehead atoms. The third-order valence-corrected chi connectivity index (χ3v) is 4.78. The Bertz CT molecular complexity index is 1020. The van der Waals surface area contributed by atoms with Crippen molar-refractivity contribution in [2.75, 3.05) is 13.1 Å². The minimum absolute atomic E-state index is 0.310. The van der Waals surface area contributed by atoms with Gasteiger partial charge in [0.25, 0.3) is 0 Å². The van der Waals surface area contributed by atoms with E-state index < -0.39 is 17.2 Å². The van der Waals surface area contributed by atoms with Crippen LogP contribution in [-0.4, -0.2) is 33.6 Å². The Kier molecular flexibility index (Phi) is 6.28. The van der Waals surface area contributed by atoms with Crippen LogP contribution >= 0.6 is 0 Å². The normalized spacial score (nSPS) is 12.9. The average Bonchev–Trinajstić information content (AvgIpc) is 3.13. The highest BCUT2D eigenvalue weighted by molar-refractivity contribution is 5.79. The molecule has 160 valence electrons.